The lowest BCUT2D eigenvalue weighted by molar-refractivity contribution is -0.124. The molecule has 9 nitrogen and oxygen atoms in total. The molecule has 1 unspecified atom stereocenters. The second-order valence-electron chi connectivity index (χ2n) is 11.3. The van der Waals surface area contributed by atoms with Crippen LogP contribution in [0, 0.1) is 11.8 Å². The van der Waals surface area contributed by atoms with Crippen molar-refractivity contribution in [2.45, 2.75) is 26.2 Å². The third kappa shape index (κ3) is 5.89. The van der Waals surface area contributed by atoms with Gasteiger partial charge in [0.15, 0.2) is 11.5 Å². The maximum atomic E-state index is 12.6. The minimum atomic E-state index is -1.17. The summed E-state index contributed by atoms with van der Waals surface area (Å²) in [5.74, 6) is 2.01. The zero-order valence-corrected chi connectivity index (χ0v) is 26.3. The Labute approximate surface area is 276 Å². The summed E-state index contributed by atoms with van der Waals surface area (Å²) in [5.41, 5.74) is 5.03. The predicted molar refractivity (Wildman–Crippen MR) is 183 cm³/mol. The standard InChI is InChI=1S/C39H31N3O6/c1-25-30(40-39(47-25)28-14-7-4-8-15-28)24-46-33-21-20-26(22-35(33)45-2)23-42-31-17-10-9-16-29(31)36-32(42)18-11-19-34(36)48-37(38(43)41-44)27-12-5-3-6-13-27/h3-22,37H,23-24H2,1-2H3. The van der Waals surface area contributed by atoms with Gasteiger partial charge in [0, 0.05) is 39.1 Å². The molecule has 2 heterocycles. The van der Waals surface area contributed by atoms with Crippen LogP contribution in [0.4, 0.5) is 0 Å². The highest BCUT2D eigenvalue weighted by molar-refractivity contribution is 6.11. The first-order valence-electron chi connectivity index (χ1n) is 15.4. The number of methoxy groups -OCH3 is 1. The van der Waals surface area contributed by atoms with E-state index >= 15 is 0 Å². The summed E-state index contributed by atoms with van der Waals surface area (Å²) in [5, 5.41) is 4.47. The first-order chi connectivity index (χ1) is 23.5. The van der Waals surface area contributed by atoms with Gasteiger partial charge in [0.2, 0.25) is 12.0 Å². The number of hydrogen-bond acceptors (Lipinski definition) is 7. The molecule has 7 aromatic rings. The predicted octanol–water partition coefficient (Wildman–Crippen LogP) is 8.81. The van der Waals surface area contributed by atoms with Gasteiger partial charge in [-0.2, -0.15) is 0 Å². The van der Waals surface area contributed by atoms with Crippen LogP contribution >= 0.6 is 0 Å². The molecule has 0 saturated heterocycles. The van der Waals surface area contributed by atoms with Crippen molar-refractivity contribution < 1.29 is 23.4 Å². The van der Waals surface area contributed by atoms with Crippen LogP contribution in [-0.4, -0.2) is 22.6 Å². The van der Waals surface area contributed by atoms with Crippen LogP contribution in [0.5, 0.6) is 17.2 Å². The van der Waals surface area contributed by atoms with Crippen LogP contribution in [0.1, 0.15) is 28.7 Å². The summed E-state index contributed by atoms with van der Waals surface area (Å²) < 4.78 is 26.3. The molecule has 0 spiro atoms. The number of carbonyl (C=O) groups is 1. The van der Waals surface area contributed by atoms with Gasteiger partial charge >= 0.3 is 5.91 Å². The molecule has 9 heteroatoms. The number of carbonyl (C=O) groups excluding carboxylic acids is 1. The Bertz CT molecular complexity index is 2240. The SMILES string of the molecule is COc1cc(Cn2c3ccccc3c3c(OC(C(=O)N=O)c4ccccc4)cccc32)ccc1OCc1nc(-c2ccccc2)oc1C. The number of hydrogen-bond donors (Lipinski definition) is 0. The van der Waals surface area contributed by atoms with Crippen molar-refractivity contribution in [1.82, 2.24) is 9.55 Å². The van der Waals surface area contributed by atoms with Crippen molar-refractivity contribution in [1.29, 1.82) is 0 Å². The summed E-state index contributed by atoms with van der Waals surface area (Å²) in [6, 6.07) is 38.2. The van der Waals surface area contributed by atoms with Crippen LogP contribution in [0.2, 0.25) is 0 Å². The second kappa shape index (κ2) is 13.3. The quantitative estimate of drug-likeness (QED) is 0.131. The molecule has 0 bridgehead atoms. The molecule has 0 fully saturated rings. The molecule has 5 aromatic carbocycles. The summed E-state index contributed by atoms with van der Waals surface area (Å²) in [6.45, 7) is 2.61. The first-order valence-corrected chi connectivity index (χ1v) is 15.4. The number of fused-ring (bicyclic) bond motifs is 3. The molecular weight excluding hydrogens is 606 g/mol. The highest BCUT2D eigenvalue weighted by Crippen LogP contribution is 2.39. The Hall–Kier alpha value is -6.22. The molecule has 48 heavy (non-hydrogen) atoms. The van der Waals surface area contributed by atoms with Gasteiger partial charge in [-0.15, -0.1) is 4.91 Å². The number of ether oxygens (including phenoxy) is 3. The van der Waals surface area contributed by atoms with Gasteiger partial charge in [-0.1, -0.05) is 78.9 Å². The Morgan fingerprint density at radius 1 is 0.833 bits per heavy atom. The minimum Gasteiger partial charge on any atom is -0.493 e. The smallest absolute Gasteiger partial charge is 0.331 e. The highest BCUT2D eigenvalue weighted by atomic mass is 16.5. The second-order valence-corrected chi connectivity index (χ2v) is 11.3. The van der Waals surface area contributed by atoms with Crippen molar-refractivity contribution in [2.75, 3.05) is 7.11 Å². The van der Waals surface area contributed by atoms with Crippen molar-refractivity contribution in [3.63, 3.8) is 0 Å². The average molecular weight is 638 g/mol. The number of rotatable bonds is 11. The van der Waals surface area contributed by atoms with Gasteiger partial charge in [0.05, 0.1) is 12.6 Å². The number of aromatic nitrogens is 2. The zero-order valence-electron chi connectivity index (χ0n) is 26.3. The van der Waals surface area contributed by atoms with E-state index in [1.807, 2.05) is 104 Å². The third-order valence-electron chi connectivity index (χ3n) is 8.27. The van der Waals surface area contributed by atoms with Gasteiger partial charge in [0.1, 0.15) is 23.8 Å². The van der Waals surface area contributed by atoms with E-state index in [9.17, 15) is 9.70 Å². The fourth-order valence-corrected chi connectivity index (χ4v) is 5.92. The number of para-hydroxylation sites is 1. The number of nitrogens with zero attached hydrogens (tertiary/aromatic N) is 3. The molecule has 1 amide bonds. The van der Waals surface area contributed by atoms with E-state index in [1.54, 1.807) is 31.4 Å². The number of nitroso groups, excluding NO2 is 1. The summed E-state index contributed by atoms with van der Waals surface area (Å²) >= 11 is 0. The largest absolute Gasteiger partial charge is 0.493 e. The molecular formula is C39H31N3O6. The highest BCUT2D eigenvalue weighted by Gasteiger charge is 2.26. The number of oxazole rings is 1. The average Bonchev–Trinajstić information content (AvgIpc) is 3.67. The monoisotopic (exact) mass is 637 g/mol. The minimum absolute atomic E-state index is 0.222. The molecule has 2 aromatic heterocycles. The van der Waals surface area contributed by atoms with Crippen LogP contribution in [0.15, 0.2) is 131 Å². The normalized spacial score (nSPS) is 11.8. The lowest BCUT2D eigenvalue weighted by Crippen LogP contribution is -2.16. The van der Waals surface area contributed by atoms with Gasteiger partial charge in [-0.3, -0.25) is 4.79 Å². The van der Waals surface area contributed by atoms with E-state index < -0.39 is 12.0 Å². The fraction of sp³-hybridized carbons (Fsp3) is 0.128. The van der Waals surface area contributed by atoms with Gasteiger partial charge in [-0.25, -0.2) is 4.98 Å². The van der Waals surface area contributed by atoms with Crippen molar-refractivity contribution in [2.24, 2.45) is 5.18 Å². The maximum Gasteiger partial charge on any atom is 0.331 e. The molecule has 0 aliphatic carbocycles. The van der Waals surface area contributed by atoms with Gasteiger partial charge < -0.3 is 23.2 Å². The first kappa shape index (κ1) is 30.4. The Balaban J connectivity index is 1.18. The lowest BCUT2D eigenvalue weighted by Gasteiger charge is -2.16. The third-order valence-corrected chi connectivity index (χ3v) is 8.27. The van der Waals surface area contributed by atoms with E-state index in [2.05, 4.69) is 14.7 Å². The molecule has 0 radical (unpaired) electrons. The molecule has 0 aliphatic rings. The number of benzene rings is 5. The van der Waals surface area contributed by atoms with Crippen LogP contribution in [0.3, 0.4) is 0 Å². The van der Waals surface area contributed by atoms with Gasteiger partial charge in [0.25, 0.3) is 0 Å². The van der Waals surface area contributed by atoms with E-state index in [0.717, 1.165) is 32.9 Å². The molecule has 7 rings (SSSR count). The van der Waals surface area contributed by atoms with E-state index in [1.165, 1.54) is 0 Å². The Kier molecular flexibility index (Phi) is 8.40. The summed E-state index contributed by atoms with van der Waals surface area (Å²) in [7, 11) is 1.61. The molecule has 1 atom stereocenters. The van der Waals surface area contributed by atoms with E-state index in [0.29, 0.717) is 46.7 Å². The van der Waals surface area contributed by atoms with Crippen molar-refractivity contribution in [3.8, 4) is 28.7 Å². The Morgan fingerprint density at radius 2 is 1.56 bits per heavy atom. The van der Waals surface area contributed by atoms with Crippen molar-refractivity contribution >= 4 is 27.7 Å². The molecule has 0 saturated carbocycles. The number of aryl methyl sites for hydroxylation is 1. The zero-order chi connectivity index (χ0) is 33.0. The molecule has 0 aliphatic heterocycles. The lowest BCUT2D eigenvalue weighted by atomic mass is 10.1. The van der Waals surface area contributed by atoms with Gasteiger partial charge in [-0.05, 0) is 55.0 Å². The van der Waals surface area contributed by atoms with Crippen molar-refractivity contribution in [3.05, 3.63) is 149 Å². The van der Waals surface area contributed by atoms with Crippen LogP contribution in [0.25, 0.3) is 33.3 Å². The summed E-state index contributed by atoms with van der Waals surface area (Å²) in [4.78, 5) is 28.6. The topological polar surface area (TPSA) is 105 Å². The number of amides is 1. The summed E-state index contributed by atoms with van der Waals surface area (Å²) in [6.07, 6.45) is -1.17. The molecule has 238 valence electrons. The van der Waals surface area contributed by atoms with E-state index in [-0.39, 0.29) is 6.61 Å². The van der Waals surface area contributed by atoms with Crippen LogP contribution in [-0.2, 0) is 17.9 Å². The molecule has 0 N–H and O–H groups in total. The maximum absolute atomic E-state index is 12.6. The van der Waals surface area contributed by atoms with Crippen LogP contribution < -0.4 is 14.2 Å². The van der Waals surface area contributed by atoms with E-state index in [4.69, 9.17) is 18.6 Å². The Morgan fingerprint density at radius 3 is 2.33 bits per heavy atom. The fourth-order valence-electron chi connectivity index (χ4n) is 5.92.